The number of para-hydroxylation sites is 1. The molecular weight excluding hydrogens is 271 g/mol. The van der Waals surface area contributed by atoms with Crippen molar-refractivity contribution in [1.82, 2.24) is 9.97 Å². The summed E-state index contributed by atoms with van der Waals surface area (Å²) in [5.74, 6) is 0.476. The minimum atomic E-state index is -0.365. The zero-order valence-corrected chi connectivity index (χ0v) is 11.4. The van der Waals surface area contributed by atoms with Crippen molar-refractivity contribution >= 4 is 10.9 Å². The van der Waals surface area contributed by atoms with Crippen LogP contribution in [-0.4, -0.2) is 9.97 Å². The zero-order valence-electron chi connectivity index (χ0n) is 11.4. The van der Waals surface area contributed by atoms with Crippen LogP contribution < -0.4 is 10.3 Å². The molecule has 5 heteroatoms. The highest BCUT2D eigenvalue weighted by atomic mass is 19.1. The van der Waals surface area contributed by atoms with Crippen molar-refractivity contribution in [3.8, 4) is 5.75 Å². The van der Waals surface area contributed by atoms with Crippen molar-refractivity contribution in [3.63, 3.8) is 0 Å². The summed E-state index contributed by atoms with van der Waals surface area (Å²) in [7, 11) is 0. The largest absolute Gasteiger partial charge is 0.485 e. The van der Waals surface area contributed by atoms with E-state index in [4.69, 9.17) is 4.74 Å². The normalized spacial score (nSPS) is 10.8. The average Bonchev–Trinajstić information content (AvgIpc) is 2.48. The molecule has 0 aliphatic heterocycles. The van der Waals surface area contributed by atoms with E-state index in [1.807, 2.05) is 13.0 Å². The molecule has 0 aliphatic rings. The molecule has 0 unspecified atom stereocenters. The van der Waals surface area contributed by atoms with Crippen molar-refractivity contribution in [1.29, 1.82) is 0 Å². The van der Waals surface area contributed by atoms with Gasteiger partial charge in [0.15, 0.2) is 0 Å². The van der Waals surface area contributed by atoms with Crippen LogP contribution in [0.15, 0.2) is 47.3 Å². The Balaban J connectivity index is 1.88. The van der Waals surface area contributed by atoms with Crippen molar-refractivity contribution in [2.45, 2.75) is 13.5 Å². The summed E-state index contributed by atoms with van der Waals surface area (Å²) in [6.45, 7) is 1.90. The minimum Gasteiger partial charge on any atom is -0.485 e. The number of halogens is 1. The third-order valence-electron chi connectivity index (χ3n) is 3.18. The number of aromatic amines is 1. The Morgan fingerprint density at radius 3 is 2.90 bits per heavy atom. The van der Waals surface area contributed by atoms with Gasteiger partial charge >= 0.3 is 0 Å². The van der Waals surface area contributed by atoms with Gasteiger partial charge in [-0.1, -0.05) is 18.2 Å². The fourth-order valence-electron chi connectivity index (χ4n) is 2.08. The zero-order chi connectivity index (χ0) is 14.8. The van der Waals surface area contributed by atoms with Crippen molar-refractivity contribution in [2.75, 3.05) is 0 Å². The van der Waals surface area contributed by atoms with Gasteiger partial charge in [0.25, 0.3) is 5.56 Å². The Hall–Kier alpha value is -2.69. The van der Waals surface area contributed by atoms with E-state index in [0.717, 1.165) is 5.56 Å². The van der Waals surface area contributed by atoms with Crippen LogP contribution in [0.3, 0.4) is 0 Å². The summed E-state index contributed by atoms with van der Waals surface area (Å²) in [4.78, 5) is 18.9. The molecule has 1 heterocycles. The predicted molar refractivity (Wildman–Crippen MR) is 77.8 cm³/mol. The molecule has 4 nitrogen and oxygen atoms in total. The quantitative estimate of drug-likeness (QED) is 0.804. The van der Waals surface area contributed by atoms with Crippen LogP contribution in [0.4, 0.5) is 4.39 Å². The number of benzene rings is 2. The van der Waals surface area contributed by atoms with Gasteiger partial charge in [0.1, 0.15) is 24.0 Å². The maximum absolute atomic E-state index is 13.2. The number of rotatable bonds is 3. The number of nitrogens with one attached hydrogen (secondary N) is 1. The third-order valence-corrected chi connectivity index (χ3v) is 3.18. The van der Waals surface area contributed by atoms with Gasteiger partial charge in [-0.2, -0.15) is 0 Å². The van der Waals surface area contributed by atoms with Gasteiger partial charge in [0, 0.05) is 6.07 Å². The van der Waals surface area contributed by atoms with Gasteiger partial charge in [-0.3, -0.25) is 4.79 Å². The van der Waals surface area contributed by atoms with Crippen molar-refractivity contribution < 1.29 is 9.13 Å². The second kappa shape index (κ2) is 5.36. The highest BCUT2D eigenvalue weighted by Crippen LogP contribution is 2.19. The van der Waals surface area contributed by atoms with Gasteiger partial charge < -0.3 is 9.72 Å². The molecular formula is C16H13FN2O2. The fourth-order valence-corrected chi connectivity index (χ4v) is 2.08. The lowest BCUT2D eigenvalue weighted by Gasteiger charge is -2.09. The summed E-state index contributed by atoms with van der Waals surface area (Å²) >= 11 is 0. The summed E-state index contributed by atoms with van der Waals surface area (Å²) in [6.07, 6.45) is 0. The summed E-state index contributed by atoms with van der Waals surface area (Å²) in [6, 6.07) is 11.4. The lowest BCUT2D eigenvalue weighted by molar-refractivity contribution is 0.292. The Kier molecular flexibility index (Phi) is 3.39. The Bertz CT molecular complexity index is 858. The molecule has 21 heavy (non-hydrogen) atoms. The Morgan fingerprint density at radius 2 is 2.05 bits per heavy atom. The molecule has 0 amide bonds. The third kappa shape index (κ3) is 2.76. The molecule has 0 radical (unpaired) electrons. The highest BCUT2D eigenvalue weighted by Gasteiger charge is 2.06. The molecule has 0 atom stereocenters. The molecule has 3 rings (SSSR count). The smallest absolute Gasteiger partial charge is 0.258 e. The summed E-state index contributed by atoms with van der Waals surface area (Å²) in [5.41, 5.74) is 1.21. The number of hydrogen-bond acceptors (Lipinski definition) is 3. The molecule has 3 aromatic rings. The number of hydrogen-bond donors (Lipinski definition) is 1. The number of aromatic nitrogens is 2. The van der Waals surface area contributed by atoms with Crippen LogP contribution in [0.1, 0.15) is 11.4 Å². The summed E-state index contributed by atoms with van der Waals surface area (Å²) in [5, 5.41) is 0.531. The van der Waals surface area contributed by atoms with Gasteiger partial charge in [0.2, 0.25) is 0 Å². The first-order chi connectivity index (χ1) is 10.1. The molecule has 0 aliphatic carbocycles. The number of H-pyrrole nitrogens is 1. The van der Waals surface area contributed by atoms with Gasteiger partial charge in [-0.25, -0.2) is 9.37 Å². The standard InChI is InChI=1S/C16H13FN2O2/c1-10-6-7-11(17)8-14(10)21-9-15-18-13-5-3-2-4-12(13)16(20)19-15/h2-8H,9H2,1H3,(H,18,19,20). The second-order valence-corrected chi connectivity index (χ2v) is 4.73. The number of nitrogens with zero attached hydrogens (tertiary/aromatic N) is 1. The molecule has 0 saturated carbocycles. The SMILES string of the molecule is Cc1ccc(F)cc1OCc1nc2ccccc2c(=O)[nH]1. The number of ether oxygens (including phenoxy) is 1. The Morgan fingerprint density at radius 1 is 1.24 bits per heavy atom. The van der Waals surface area contributed by atoms with E-state index in [0.29, 0.717) is 22.5 Å². The van der Waals surface area contributed by atoms with Gasteiger partial charge in [0.05, 0.1) is 10.9 Å². The Labute approximate surface area is 120 Å². The van der Waals surface area contributed by atoms with Gasteiger partial charge in [-0.15, -0.1) is 0 Å². The van der Waals surface area contributed by atoms with E-state index in [-0.39, 0.29) is 18.0 Å². The molecule has 2 aromatic carbocycles. The minimum absolute atomic E-state index is 0.0738. The highest BCUT2D eigenvalue weighted by molar-refractivity contribution is 5.77. The lowest BCUT2D eigenvalue weighted by atomic mass is 10.2. The van der Waals surface area contributed by atoms with E-state index in [1.54, 1.807) is 24.3 Å². The van der Waals surface area contributed by atoms with Crippen molar-refractivity contribution in [2.24, 2.45) is 0 Å². The van der Waals surface area contributed by atoms with Crippen LogP contribution >= 0.6 is 0 Å². The van der Waals surface area contributed by atoms with Crippen LogP contribution in [0.2, 0.25) is 0 Å². The van der Waals surface area contributed by atoms with Gasteiger partial charge in [-0.05, 0) is 30.7 Å². The van der Waals surface area contributed by atoms with Crippen molar-refractivity contribution in [3.05, 3.63) is 70.0 Å². The summed E-state index contributed by atoms with van der Waals surface area (Å²) < 4.78 is 18.7. The monoisotopic (exact) mass is 284 g/mol. The maximum Gasteiger partial charge on any atom is 0.258 e. The molecule has 0 fully saturated rings. The van der Waals surface area contributed by atoms with E-state index in [9.17, 15) is 9.18 Å². The predicted octanol–water partition coefficient (Wildman–Crippen LogP) is 2.95. The van der Waals surface area contributed by atoms with Crippen LogP contribution in [0.25, 0.3) is 10.9 Å². The molecule has 1 aromatic heterocycles. The number of aryl methyl sites for hydroxylation is 1. The average molecular weight is 284 g/mol. The molecule has 106 valence electrons. The van der Waals surface area contributed by atoms with E-state index in [1.165, 1.54) is 12.1 Å². The molecule has 1 N–H and O–H groups in total. The van der Waals surface area contributed by atoms with Crippen LogP contribution in [0.5, 0.6) is 5.75 Å². The second-order valence-electron chi connectivity index (χ2n) is 4.73. The maximum atomic E-state index is 13.2. The van der Waals surface area contributed by atoms with E-state index in [2.05, 4.69) is 9.97 Å². The first kappa shape index (κ1) is 13.3. The molecule has 0 saturated heterocycles. The first-order valence-electron chi connectivity index (χ1n) is 6.50. The molecule has 0 spiro atoms. The lowest BCUT2D eigenvalue weighted by Crippen LogP contribution is -2.13. The fraction of sp³-hybridized carbons (Fsp3) is 0.125. The van der Waals surface area contributed by atoms with E-state index < -0.39 is 0 Å². The number of fused-ring (bicyclic) bond motifs is 1. The van der Waals surface area contributed by atoms with Crippen LogP contribution in [0, 0.1) is 12.7 Å². The molecule has 0 bridgehead atoms. The first-order valence-corrected chi connectivity index (χ1v) is 6.50. The topological polar surface area (TPSA) is 55.0 Å². The van der Waals surface area contributed by atoms with E-state index >= 15 is 0 Å². The van der Waals surface area contributed by atoms with Crippen LogP contribution in [-0.2, 0) is 6.61 Å².